The second kappa shape index (κ2) is 4.94. The highest BCUT2D eigenvalue weighted by atomic mass is 32.1. The second-order valence-electron chi connectivity index (χ2n) is 5.37. The molecule has 0 saturated carbocycles. The third-order valence-electron chi connectivity index (χ3n) is 3.96. The van der Waals surface area contributed by atoms with Crippen molar-refractivity contribution in [2.45, 2.75) is 13.5 Å². The van der Waals surface area contributed by atoms with Gasteiger partial charge in [0.15, 0.2) is 0 Å². The summed E-state index contributed by atoms with van der Waals surface area (Å²) < 4.78 is 1.31. The first-order chi connectivity index (χ1) is 9.15. The lowest BCUT2D eigenvalue weighted by Crippen LogP contribution is -2.23. The van der Waals surface area contributed by atoms with Gasteiger partial charge in [-0.1, -0.05) is 25.1 Å². The first-order valence-corrected chi connectivity index (χ1v) is 7.43. The third-order valence-corrected chi connectivity index (χ3v) is 4.97. The Hall–Kier alpha value is -1.39. The van der Waals surface area contributed by atoms with E-state index in [0.717, 1.165) is 13.1 Å². The summed E-state index contributed by atoms with van der Waals surface area (Å²) in [7, 11) is 0. The molecule has 0 radical (unpaired) electrons. The fourth-order valence-electron chi connectivity index (χ4n) is 2.91. The van der Waals surface area contributed by atoms with Gasteiger partial charge in [-0.25, -0.2) is 0 Å². The molecule has 1 aromatic heterocycles. The third kappa shape index (κ3) is 2.38. The van der Waals surface area contributed by atoms with Crippen molar-refractivity contribution in [3.05, 3.63) is 35.2 Å². The van der Waals surface area contributed by atoms with Crippen molar-refractivity contribution in [1.82, 2.24) is 4.90 Å². The summed E-state index contributed by atoms with van der Waals surface area (Å²) in [6.45, 7) is 4.43. The van der Waals surface area contributed by atoms with Crippen LogP contribution in [0.15, 0.2) is 29.6 Å². The summed E-state index contributed by atoms with van der Waals surface area (Å²) in [6.07, 6.45) is 0. The van der Waals surface area contributed by atoms with Crippen LogP contribution in [-0.4, -0.2) is 29.1 Å². The number of benzene rings is 1. The van der Waals surface area contributed by atoms with Crippen LogP contribution in [0.5, 0.6) is 0 Å². The molecule has 2 atom stereocenters. The molecule has 1 aromatic carbocycles. The van der Waals surface area contributed by atoms with Crippen LogP contribution in [0, 0.1) is 11.8 Å². The highest BCUT2D eigenvalue weighted by Gasteiger charge is 2.34. The molecule has 1 saturated heterocycles. The molecule has 4 heteroatoms. The van der Waals surface area contributed by atoms with Crippen LogP contribution in [0.4, 0.5) is 0 Å². The summed E-state index contributed by atoms with van der Waals surface area (Å²) in [5, 5.41) is 12.7. The van der Waals surface area contributed by atoms with Gasteiger partial charge in [0.25, 0.3) is 0 Å². The van der Waals surface area contributed by atoms with E-state index in [1.807, 2.05) is 6.92 Å². The van der Waals surface area contributed by atoms with E-state index in [-0.39, 0.29) is 11.8 Å². The van der Waals surface area contributed by atoms with Crippen molar-refractivity contribution >= 4 is 27.4 Å². The molecule has 0 spiro atoms. The van der Waals surface area contributed by atoms with Gasteiger partial charge in [-0.3, -0.25) is 9.69 Å². The van der Waals surface area contributed by atoms with E-state index in [1.54, 1.807) is 11.3 Å². The minimum Gasteiger partial charge on any atom is -0.481 e. The lowest BCUT2D eigenvalue weighted by Gasteiger charge is -2.14. The summed E-state index contributed by atoms with van der Waals surface area (Å²) >= 11 is 1.76. The van der Waals surface area contributed by atoms with Crippen molar-refractivity contribution in [3.63, 3.8) is 0 Å². The number of aliphatic carboxylic acids is 1. The van der Waals surface area contributed by atoms with E-state index < -0.39 is 5.97 Å². The number of carboxylic acids is 1. The average Bonchev–Trinajstić information content (AvgIpc) is 2.95. The Morgan fingerprint density at radius 2 is 2.21 bits per heavy atom. The fourth-order valence-corrected chi connectivity index (χ4v) is 3.87. The molecule has 1 aliphatic rings. The quantitative estimate of drug-likeness (QED) is 0.936. The molecule has 3 nitrogen and oxygen atoms in total. The molecule has 2 heterocycles. The van der Waals surface area contributed by atoms with Crippen molar-refractivity contribution in [2.75, 3.05) is 13.1 Å². The van der Waals surface area contributed by atoms with E-state index >= 15 is 0 Å². The number of thiophene rings is 1. The van der Waals surface area contributed by atoms with Crippen LogP contribution in [0.25, 0.3) is 10.1 Å². The Morgan fingerprint density at radius 1 is 1.42 bits per heavy atom. The maximum atomic E-state index is 11.1. The van der Waals surface area contributed by atoms with E-state index in [4.69, 9.17) is 0 Å². The summed E-state index contributed by atoms with van der Waals surface area (Å²) in [5.74, 6) is -0.641. The predicted molar refractivity (Wildman–Crippen MR) is 77.4 cm³/mol. The minimum atomic E-state index is -0.662. The smallest absolute Gasteiger partial charge is 0.308 e. The van der Waals surface area contributed by atoms with Crippen molar-refractivity contribution < 1.29 is 9.90 Å². The van der Waals surface area contributed by atoms with Crippen molar-refractivity contribution in [3.8, 4) is 0 Å². The highest BCUT2D eigenvalue weighted by Crippen LogP contribution is 2.30. The lowest BCUT2D eigenvalue weighted by molar-refractivity contribution is -0.142. The number of carbonyl (C=O) groups is 1. The fraction of sp³-hybridized carbons (Fsp3) is 0.400. The molecule has 2 aromatic rings. The van der Waals surface area contributed by atoms with E-state index in [0.29, 0.717) is 6.54 Å². The van der Waals surface area contributed by atoms with Gasteiger partial charge in [0, 0.05) is 24.3 Å². The zero-order valence-corrected chi connectivity index (χ0v) is 11.7. The van der Waals surface area contributed by atoms with Gasteiger partial charge in [-0.05, 0) is 28.3 Å². The van der Waals surface area contributed by atoms with Crippen LogP contribution in [-0.2, 0) is 11.3 Å². The molecular weight excluding hydrogens is 258 g/mol. The van der Waals surface area contributed by atoms with Crippen LogP contribution in [0.1, 0.15) is 12.5 Å². The number of hydrogen-bond acceptors (Lipinski definition) is 3. The van der Waals surface area contributed by atoms with Gasteiger partial charge in [0.05, 0.1) is 5.92 Å². The molecule has 19 heavy (non-hydrogen) atoms. The van der Waals surface area contributed by atoms with E-state index in [1.165, 1.54) is 15.6 Å². The monoisotopic (exact) mass is 275 g/mol. The normalized spacial score (nSPS) is 24.1. The molecule has 3 rings (SSSR count). The minimum absolute atomic E-state index is 0.218. The number of rotatable bonds is 3. The number of nitrogens with zero attached hydrogens (tertiary/aromatic N) is 1. The molecule has 1 aliphatic heterocycles. The van der Waals surface area contributed by atoms with Gasteiger partial charge in [0.2, 0.25) is 0 Å². The molecule has 1 fully saturated rings. The lowest BCUT2D eigenvalue weighted by atomic mass is 9.99. The zero-order chi connectivity index (χ0) is 13.4. The molecule has 0 bridgehead atoms. The topological polar surface area (TPSA) is 40.5 Å². The average molecular weight is 275 g/mol. The van der Waals surface area contributed by atoms with Crippen LogP contribution in [0.3, 0.4) is 0 Å². The number of likely N-dealkylation sites (tertiary alicyclic amines) is 1. The first-order valence-electron chi connectivity index (χ1n) is 6.55. The molecule has 0 amide bonds. The largest absolute Gasteiger partial charge is 0.481 e. The Balaban J connectivity index is 1.78. The predicted octanol–water partition coefficient (Wildman–Crippen LogP) is 3.05. The Labute approximate surface area is 116 Å². The Bertz CT molecular complexity index is 607. The molecular formula is C15H17NO2S. The number of fused-ring (bicyclic) bond motifs is 1. The molecule has 100 valence electrons. The second-order valence-corrected chi connectivity index (χ2v) is 6.28. The summed E-state index contributed by atoms with van der Waals surface area (Å²) in [6, 6.07) is 8.40. The summed E-state index contributed by atoms with van der Waals surface area (Å²) in [5.41, 5.74) is 1.32. The van der Waals surface area contributed by atoms with Crippen LogP contribution in [0.2, 0.25) is 0 Å². The van der Waals surface area contributed by atoms with Crippen LogP contribution < -0.4 is 0 Å². The highest BCUT2D eigenvalue weighted by molar-refractivity contribution is 7.17. The SMILES string of the molecule is C[C@@H]1CN(Cc2csc3ccccc23)C[C@H]1C(=O)O. The Morgan fingerprint density at radius 3 is 2.95 bits per heavy atom. The van der Waals surface area contributed by atoms with Gasteiger partial charge >= 0.3 is 5.97 Å². The number of carboxylic acid groups (broad SMARTS) is 1. The zero-order valence-electron chi connectivity index (χ0n) is 10.9. The molecule has 0 aliphatic carbocycles. The standard InChI is InChI=1S/C15H17NO2S/c1-10-6-16(8-13(10)15(17)18)7-11-9-19-14-5-3-2-4-12(11)14/h2-5,9-10,13H,6-8H2,1H3,(H,17,18)/t10-,13-/m1/s1. The Kier molecular flexibility index (Phi) is 3.29. The molecule has 1 N–H and O–H groups in total. The van der Waals surface area contributed by atoms with Crippen LogP contribution >= 0.6 is 11.3 Å². The maximum Gasteiger partial charge on any atom is 0.308 e. The molecule has 0 unspecified atom stereocenters. The van der Waals surface area contributed by atoms with Gasteiger partial charge in [0.1, 0.15) is 0 Å². The van der Waals surface area contributed by atoms with Gasteiger partial charge in [-0.2, -0.15) is 0 Å². The van der Waals surface area contributed by atoms with Crippen molar-refractivity contribution in [1.29, 1.82) is 0 Å². The van der Waals surface area contributed by atoms with Gasteiger partial charge in [-0.15, -0.1) is 11.3 Å². The van der Waals surface area contributed by atoms with E-state index in [2.05, 4.69) is 34.5 Å². The first kappa shape index (κ1) is 12.6. The van der Waals surface area contributed by atoms with Gasteiger partial charge < -0.3 is 5.11 Å². The van der Waals surface area contributed by atoms with E-state index in [9.17, 15) is 9.90 Å². The number of hydrogen-bond donors (Lipinski definition) is 1. The van der Waals surface area contributed by atoms with Crippen molar-refractivity contribution in [2.24, 2.45) is 11.8 Å². The summed E-state index contributed by atoms with van der Waals surface area (Å²) in [4.78, 5) is 13.4. The maximum absolute atomic E-state index is 11.1.